The maximum Gasteiger partial charge on any atom is 0.273 e. The molecule has 6 nitrogen and oxygen atoms in total. The van der Waals surface area contributed by atoms with Crippen LogP contribution in [0.5, 0.6) is 0 Å². The Bertz CT molecular complexity index is 1280. The number of amides is 1. The predicted molar refractivity (Wildman–Crippen MR) is 137 cm³/mol. The third kappa shape index (κ3) is 4.57. The first-order valence-electron chi connectivity index (χ1n) is 12.1. The minimum Gasteiger partial charge on any atom is -0.351 e. The Hall–Kier alpha value is -3.55. The molecule has 1 unspecified atom stereocenters. The molecule has 7 heteroatoms. The summed E-state index contributed by atoms with van der Waals surface area (Å²) < 4.78 is 14.3. The summed E-state index contributed by atoms with van der Waals surface area (Å²) >= 11 is 0. The molecule has 1 atom stereocenters. The van der Waals surface area contributed by atoms with E-state index in [1.807, 2.05) is 48.5 Å². The maximum atomic E-state index is 14.3. The van der Waals surface area contributed by atoms with Crippen molar-refractivity contribution in [1.29, 1.82) is 0 Å². The third-order valence-corrected chi connectivity index (χ3v) is 6.85. The van der Waals surface area contributed by atoms with E-state index in [2.05, 4.69) is 29.1 Å². The van der Waals surface area contributed by atoms with E-state index >= 15 is 0 Å². The zero-order valence-electron chi connectivity index (χ0n) is 20.1. The lowest BCUT2D eigenvalue weighted by molar-refractivity contribution is -0.124. The van der Waals surface area contributed by atoms with E-state index in [0.29, 0.717) is 30.9 Å². The van der Waals surface area contributed by atoms with Crippen molar-refractivity contribution in [2.24, 2.45) is 10.7 Å². The normalized spacial score (nSPS) is 16.5. The number of fused-ring (bicyclic) bond motifs is 2. The molecule has 0 saturated heterocycles. The highest BCUT2D eigenvalue weighted by molar-refractivity contribution is 6.46. The second-order valence-corrected chi connectivity index (χ2v) is 9.02. The molecule has 0 aromatic heterocycles. The largest absolute Gasteiger partial charge is 0.351 e. The van der Waals surface area contributed by atoms with Crippen molar-refractivity contribution in [3.8, 4) is 11.1 Å². The number of carbonyl (C=O) groups excluding carboxylic acids is 1. The van der Waals surface area contributed by atoms with Crippen LogP contribution in [0.4, 0.5) is 10.1 Å². The number of nitrogens with zero attached hydrogens (tertiary/aromatic N) is 3. The fourth-order valence-corrected chi connectivity index (χ4v) is 4.87. The van der Waals surface area contributed by atoms with E-state index in [0.717, 1.165) is 46.6 Å². The first-order valence-corrected chi connectivity index (χ1v) is 12.1. The Morgan fingerprint density at radius 1 is 1.06 bits per heavy atom. The highest BCUT2D eigenvalue weighted by Gasteiger charge is 2.31. The van der Waals surface area contributed by atoms with Crippen molar-refractivity contribution in [3.63, 3.8) is 0 Å². The van der Waals surface area contributed by atoms with Gasteiger partial charge in [-0.15, -0.1) is 0 Å². The van der Waals surface area contributed by atoms with Gasteiger partial charge in [-0.25, -0.2) is 9.38 Å². The van der Waals surface area contributed by atoms with Crippen LogP contribution in [0.3, 0.4) is 0 Å². The van der Waals surface area contributed by atoms with E-state index in [4.69, 9.17) is 5.73 Å². The van der Waals surface area contributed by atoms with Crippen LogP contribution in [0, 0.1) is 5.82 Å². The molecule has 3 aromatic carbocycles. The van der Waals surface area contributed by atoms with Gasteiger partial charge >= 0.3 is 0 Å². The van der Waals surface area contributed by atoms with Gasteiger partial charge in [0.1, 0.15) is 11.5 Å². The molecule has 0 aliphatic carbocycles. The first-order chi connectivity index (χ1) is 17.0. The van der Waals surface area contributed by atoms with E-state index < -0.39 is 6.29 Å². The van der Waals surface area contributed by atoms with Gasteiger partial charge in [0.2, 0.25) is 0 Å². The molecule has 3 N–H and O–H groups in total. The fourth-order valence-electron chi connectivity index (χ4n) is 4.87. The van der Waals surface area contributed by atoms with Crippen LogP contribution in [0.2, 0.25) is 0 Å². The molecule has 0 fully saturated rings. The number of hydrogen-bond donors (Lipinski definition) is 2. The number of hydrogen-bond acceptors (Lipinski definition) is 5. The number of carbonyl (C=O) groups is 1. The molecule has 2 aliphatic rings. The van der Waals surface area contributed by atoms with Crippen molar-refractivity contribution >= 4 is 17.3 Å². The van der Waals surface area contributed by atoms with Gasteiger partial charge in [0, 0.05) is 30.9 Å². The third-order valence-electron chi connectivity index (χ3n) is 6.85. The average Bonchev–Trinajstić information content (AvgIpc) is 3.31. The zero-order chi connectivity index (χ0) is 24.5. The number of benzene rings is 3. The van der Waals surface area contributed by atoms with Crippen molar-refractivity contribution < 1.29 is 9.18 Å². The van der Waals surface area contributed by atoms with Crippen molar-refractivity contribution in [2.45, 2.75) is 39.8 Å². The van der Waals surface area contributed by atoms with Crippen LogP contribution >= 0.6 is 0 Å². The lowest BCUT2D eigenvalue weighted by Crippen LogP contribution is -2.40. The Balaban J connectivity index is 1.51. The second kappa shape index (κ2) is 9.60. The number of anilines is 1. The lowest BCUT2D eigenvalue weighted by atomic mass is 9.94. The van der Waals surface area contributed by atoms with Gasteiger partial charge in [-0.05, 0) is 65.2 Å². The number of halogens is 1. The summed E-state index contributed by atoms with van der Waals surface area (Å²) in [6, 6.07) is 18.8. The summed E-state index contributed by atoms with van der Waals surface area (Å²) in [4.78, 5) is 22.2. The summed E-state index contributed by atoms with van der Waals surface area (Å²) in [5.41, 5.74) is 12.9. The van der Waals surface area contributed by atoms with Gasteiger partial charge in [0.15, 0.2) is 6.29 Å². The fraction of sp³-hybridized carbons (Fsp3) is 0.286. The molecule has 35 heavy (non-hydrogen) atoms. The molecule has 2 heterocycles. The molecule has 3 aromatic rings. The minimum atomic E-state index is -0.704. The van der Waals surface area contributed by atoms with Crippen molar-refractivity contribution in [1.82, 2.24) is 9.80 Å². The average molecular weight is 472 g/mol. The van der Waals surface area contributed by atoms with Gasteiger partial charge in [0.05, 0.1) is 0 Å². The van der Waals surface area contributed by atoms with Crippen LogP contribution in [0.15, 0.2) is 65.7 Å². The quantitative estimate of drug-likeness (QED) is 0.561. The highest BCUT2D eigenvalue weighted by Crippen LogP contribution is 2.33. The van der Waals surface area contributed by atoms with E-state index in [1.54, 1.807) is 11.0 Å². The zero-order valence-corrected chi connectivity index (χ0v) is 20.1. The molecular formula is C28H30FN5O. The molecule has 2 aliphatic heterocycles. The summed E-state index contributed by atoms with van der Waals surface area (Å²) in [5, 5.41) is 3.14. The molecular weight excluding hydrogens is 441 g/mol. The van der Waals surface area contributed by atoms with Gasteiger partial charge in [-0.1, -0.05) is 50.2 Å². The molecule has 0 spiro atoms. The summed E-state index contributed by atoms with van der Waals surface area (Å²) in [6.07, 6.45) is -0.704. The standard InChI is InChI=1S/C28H30FN5O/c1-3-33(4-2)15-21-9-11-22(29)14-23(21)18-10-12-25-24(13-18)26(32-28(30)31-25)27(35)34-16-19-7-5-6-8-20(19)17-34/h5-14,28,31H,3-4,15-17,30H2,1-2H3. The Kier molecular flexibility index (Phi) is 6.36. The topological polar surface area (TPSA) is 74.0 Å². The van der Waals surface area contributed by atoms with Crippen LogP contribution in [0.1, 0.15) is 36.1 Å². The Morgan fingerprint density at radius 2 is 1.77 bits per heavy atom. The molecule has 0 saturated carbocycles. The SMILES string of the molecule is CCN(CC)Cc1ccc(F)cc1-c1ccc2c(c1)C(C(=O)N1Cc3ccccc3C1)=NC(N)N2. The summed E-state index contributed by atoms with van der Waals surface area (Å²) in [7, 11) is 0. The van der Waals surface area contributed by atoms with Gasteiger partial charge in [0.25, 0.3) is 5.91 Å². The van der Waals surface area contributed by atoms with Gasteiger partial charge < -0.3 is 10.2 Å². The maximum absolute atomic E-state index is 14.3. The van der Waals surface area contributed by atoms with Crippen LogP contribution in [-0.4, -0.2) is 40.8 Å². The number of nitrogens with one attached hydrogen (secondary N) is 1. The molecule has 0 radical (unpaired) electrons. The molecule has 0 bridgehead atoms. The van der Waals surface area contributed by atoms with E-state index in [-0.39, 0.29) is 11.7 Å². The predicted octanol–water partition coefficient (Wildman–Crippen LogP) is 4.33. The lowest BCUT2D eigenvalue weighted by Gasteiger charge is -2.26. The van der Waals surface area contributed by atoms with E-state index in [9.17, 15) is 9.18 Å². The summed E-state index contributed by atoms with van der Waals surface area (Å²) in [5.74, 6) is -0.444. The van der Waals surface area contributed by atoms with Crippen molar-refractivity contribution in [3.05, 3.63) is 88.7 Å². The minimum absolute atomic E-state index is 0.154. The van der Waals surface area contributed by atoms with E-state index in [1.165, 1.54) is 6.07 Å². The number of nitrogens with two attached hydrogens (primary N) is 1. The van der Waals surface area contributed by atoms with Crippen LogP contribution in [-0.2, 0) is 24.4 Å². The van der Waals surface area contributed by atoms with Gasteiger partial charge in [-0.3, -0.25) is 15.4 Å². The van der Waals surface area contributed by atoms with Crippen LogP contribution < -0.4 is 11.1 Å². The Morgan fingerprint density at radius 3 is 2.46 bits per heavy atom. The summed E-state index contributed by atoms with van der Waals surface area (Å²) in [6.45, 7) is 7.85. The van der Waals surface area contributed by atoms with Crippen LogP contribution in [0.25, 0.3) is 11.1 Å². The first kappa shape index (κ1) is 23.2. The molecule has 1 amide bonds. The second-order valence-electron chi connectivity index (χ2n) is 9.02. The highest BCUT2D eigenvalue weighted by atomic mass is 19.1. The number of aliphatic imine (C=N–C) groups is 1. The monoisotopic (exact) mass is 471 g/mol. The Labute approximate surface area is 205 Å². The smallest absolute Gasteiger partial charge is 0.273 e. The van der Waals surface area contributed by atoms with Gasteiger partial charge in [-0.2, -0.15) is 0 Å². The molecule has 5 rings (SSSR count). The number of rotatable bonds is 6. The van der Waals surface area contributed by atoms with Crippen molar-refractivity contribution in [2.75, 3.05) is 18.4 Å². The molecule has 180 valence electrons.